The molecule has 2 aromatic carbocycles. The summed E-state index contributed by atoms with van der Waals surface area (Å²) >= 11 is 0. The molecule has 0 saturated heterocycles. The highest BCUT2D eigenvalue weighted by Crippen LogP contribution is 2.24. The van der Waals surface area contributed by atoms with Gasteiger partial charge in [-0.25, -0.2) is 0 Å². The standard InChI is InChI=1S/C16H17N/c1-2-3-14-17(15-10-6-4-7-11-15)16-12-8-5-9-13-16/h2-13H,14H2,1H3. The van der Waals surface area contributed by atoms with E-state index in [4.69, 9.17) is 0 Å². The van der Waals surface area contributed by atoms with Crippen molar-refractivity contribution in [3.8, 4) is 0 Å². The van der Waals surface area contributed by atoms with Gasteiger partial charge >= 0.3 is 0 Å². The molecule has 2 rings (SSSR count). The van der Waals surface area contributed by atoms with Crippen LogP contribution < -0.4 is 4.90 Å². The zero-order valence-corrected chi connectivity index (χ0v) is 10.1. The molecule has 0 atom stereocenters. The van der Waals surface area contributed by atoms with Gasteiger partial charge in [-0.15, -0.1) is 0 Å². The van der Waals surface area contributed by atoms with E-state index in [-0.39, 0.29) is 0 Å². The van der Waals surface area contributed by atoms with E-state index < -0.39 is 0 Å². The van der Waals surface area contributed by atoms with Gasteiger partial charge in [0.1, 0.15) is 0 Å². The smallest absolute Gasteiger partial charge is 0.0413 e. The predicted octanol–water partition coefficient (Wildman–Crippen LogP) is 4.40. The minimum Gasteiger partial charge on any atom is -0.338 e. The fourth-order valence-electron chi connectivity index (χ4n) is 1.79. The summed E-state index contributed by atoms with van der Waals surface area (Å²) in [4.78, 5) is 2.29. The van der Waals surface area contributed by atoms with Crippen molar-refractivity contribution in [2.45, 2.75) is 6.92 Å². The summed E-state index contributed by atoms with van der Waals surface area (Å²) in [6, 6.07) is 20.9. The summed E-state index contributed by atoms with van der Waals surface area (Å²) in [5.74, 6) is 0. The Labute approximate surface area is 103 Å². The van der Waals surface area contributed by atoms with Gasteiger partial charge in [-0.05, 0) is 31.2 Å². The summed E-state index contributed by atoms with van der Waals surface area (Å²) in [6.07, 6.45) is 4.25. The Morgan fingerprint density at radius 1 is 0.824 bits per heavy atom. The molecule has 0 heterocycles. The molecule has 0 fully saturated rings. The lowest BCUT2D eigenvalue weighted by atomic mass is 10.2. The van der Waals surface area contributed by atoms with Gasteiger partial charge in [0.05, 0.1) is 0 Å². The second-order valence-electron chi connectivity index (χ2n) is 3.85. The normalized spacial score (nSPS) is 10.6. The van der Waals surface area contributed by atoms with Crippen molar-refractivity contribution in [2.24, 2.45) is 0 Å². The average molecular weight is 223 g/mol. The fraction of sp³-hybridized carbons (Fsp3) is 0.125. The van der Waals surface area contributed by atoms with Crippen LogP contribution in [0.15, 0.2) is 72.8 Å². The number of para-hydroxylation sites is 2. The van der Waals surface area contributed by atoms with Crippen molar-refractivity contribution in [1.29, 1.82) is 0 Å². The van der Waals surface area contributed by atoms with Gasteiger partial charge in [0.15, 0.2) is 0 Å². The zero-order chi connectivity index (χ0) is 11.9. The number of benzene rings is 2. The molecule has 0 radical (unpaired) electrons. The van der Waals surface area contributed by atoms with Crippen LogP contribution in [-0.4, -0.2) is 6.54 Å². The molecule has 0 spiro atoms. The molecule has 2 aromatic rings. The molecular formula is C16H17N. The molecule has 0 amide bonds. The molecule has 86 valence electrons. The van der Waals surface area contributed by atoms with Crippen molar-refractivity contribution < 1.29 is 0 Å². The first-order valence-corrected chi connectivity index (χ1v) is 5.90. The van der Waals surface area contributed by atoms with Gasteiger partial charge in [0.2, 0.25) is 0 Å². The third-order valence-corrected chi connectivity index (χ3v) is 2.66. The van der Waals surface area contributed by atoms with Crippen LogP contribution in [0, 0.1) is 0 Å². The third kappa shape index (κ3) is 2.97. The first-order chi connectivity index (χ1) is 8.42. The van der Waals surface area contributed by atoms with Gasteiger partial charge in [0, 0.05) is 17.9 Å². The van der Waals surface area contributed by atoms with E-state index in [1.54, 1.807) is 0 Å². The first-order valence-electron chi connectivity index (χ1n) is 5.90. The molecule has 17 heavy (non-hydrogen) atoms. The van der Waals surface area contributed by atoms with E-state index in [1.807, 2.05) is 19.1 Å². The van der Waals surface area contributed by atoms with E-state index in [1.165, 1.54) is 11.4 Å². The van der Waals surface area contributed by atoms with E-state index >= 15 is 0 Å². The lowest BCUT2D eigenvalue weighted by Gasteiger charge is -2.23. The third-order valence-electron chi connectivity index (χ3n) is 2.66. The van der Waals surface area contributed by atoms with Crippen LogP contribution in [0.25, 0.3) is 0 Å². The molecule has 0 N–H and O–H groups in total. The van der Waals surface area contributed by atoms with Crippen LogP contribution in [0.3, 0.4) is 0 Å². The van der Waals surface area contributed by atoms with E-state index in [0.29, 0.717) is 0 Å². The number of hydrogen-bond donors (Lipinski definition) is 0. The molecule has 0 aliphatic carbocycles. The van der Waals surface area contributed by atoms with Crippen LogP contribution in [0.4, 0.5) is 11.4 Å². The Bertz CT molecular complexity index is 420. The Hall–Kier alpha value is -2.02. The molecule has 1 heteroatoms. The molecule has 0 aliphatic heterocycles. The van der Waals surface area contributed by atoms with Gasteiger partial charge in [0.25, 0.3) is 0 Å². The number of allylic oxidation sites excluding steroid dienone is 1. The second kappa shape index (κ2) is 5.90. The quantitative estimate of drug-likeness (QED) is 0.694. The lowest BCUT2D eigenvalue weighted by Crippen LogP contribution is -2.16. The van der Waals surface area contributed by atoms with Crippen molar-refractivity contribution >= 4 is 11.4 Å². The maximum absolute atomic E-state index is 2.29. The number of nitrogens with zero attached hydrogens (tertiary/aromatic N) is 1. The summed E-state index contributed by atoms with van der Waals surface area (Å²) in [7, 11) is 0. The summed E-state index contributed by atoms with van der Waals surface area (Å²) in [5.41, 5.74) is 2.44. The van der Waals surface area contributed by atoms with Crippen molar-refractivity contribution in [2.75, 3.05) is 11.4 Å². The summed E-state index contributed by atoms with van der Waals surface area (Å²) in [5, 5.41) is 0. The Morgan fingerprint density at radius 3 is 1.71 bits per heavy atom. The predicted molar refractivity (Wildman–Crippen MR) is 74.7 cm³/mol. The monoisotopic (exact) mass is 223 g/mol. The Kier molecular flexibility index (Phi) is 3.98. The zero-order valence-electron chi connectivity index (χ0n) is 10.1. The largest absolute Gasteiger partial charge is 0.338 e. The van der Waals surface area contributed by atoms with Crippen molar-refractivity contribution in [1.82, 2.24) is 0 Å². The van der Waals surface area contributed by atoms with Gasteiger partial charge in [-0.1, -0.05) is 48.6 Å². The summed E-state index contributed by atoms with van der Waals surface area (Å²) in [6.45, 7) is 2.94. The molecule has 1 nitrogen and oxygen atoms in total. The minimum absolute atomic E-state index is 0.893. The van der Waals surface area contributed by atoms with Gasteiger partial charge < -0.3 is 4.90 Å². The fourth-order valence-corrected chi connectivity index (χ4v) is 1.79. The molecule has 0 bridgehead atoms. The van der Waals surface area contributed by atoms with E-state index in [2.05, 4.69) is 65.6 Å². The number of hydrogen-bond acceptors (Lipinski definition) is 1. The van der Waals surface area contributed by atoms with E-state index in [0.717, 1.165) is 6.54 Å². The van der Waals surface area contributed by atoms with Crippen molar-refractivity contribution in [3.63, 3.8) is 0 Å². The second-order valence-corrected chi connectivity index (χ2v) is 3.85. The van der Waals surface area contributed by atoms with Gasteiger partial charge in [-0.3, -0.25) is 0 Å². The van der Waals surface area contributed by atoms with Gasteiger partial charge in [-0.2, -0.15) is 0 Å². The highest BCUT2D eigenvalue weighted by molar-refractivity contribution is 5.63. The van der Waals surface area contributed by atoms with Crippen LogP contribution >= 0.6 is 0 Å². The Morgan fingerprint density at radius 2 is 1.29 bits per heavy atom. The molecule has 0 aromatic heterocycles. The minimum atomic E-state index is 0.893. The van der Waals surface area contributed by atoms with Crippen LogP contribution in [0.2, 0.25) is 0 Å². The maximum atomic E-state index is 2.29. The van der Waals surface area contributed by atoms with Crippen LogP contribution in [-0.2, 0) is 0 Å². The maximum Gasteiger partial charge on any atom is 0.0413 e. The molecule has 0 aliphatic rings. The molecule has 0 unspecified atom stereocenters. The highest BCUT2D eigenvalue weighted by Gasteiger charge is 2.05. The topological polar surface area (TPSA) is 3.24 Å². The van der Waals surface area contributed by atoms with Crippen LogP contribution in [0.1, 0.15) is 6.92 Å². The number of rotatable bonds is 4. The molecule has 0 saturated carbocycles. The van der Waals surface area contributed by atoms with Crippen LogP contribution in [0.5, 0.6) is 0 Å². The molecular weight excluding hydrogens is 206 g/mol. The average Bonchev–Trinajstić information content (AvgIpc) is 2.42. The van der Waals surface area contributed by atoms with Crippen molar-refractivity contribution in [3.05, 3.63) is 72.8 Å². The first kappa shape index (κ1) is 11.5. The lowest BCUT2D eigenvalue weighted by molar-refractivity contribution is 1.09. The van der Waals surface area contributed by atoms with E-state index in [9.17, 15) is 0 Å². The SMILES string of the molecule is CC=CCN(c1ccccc1)c1ccccc1. The highest BCUT2D eigenvalue weighted by atomic mass is 15.1. The Balaban J connectivity index is 2.32. The number of anilines is 2. The summed E-state index contributed by atoms with van der Waals surface area (Å²) < 4.78 is 0.